The minimum Gasteiger partial charge on any atom is -0.439 e. The predicted molar refractivity (Wildman–Crippen MR) is 180 cm³/mol. The molecular weight excluding hydrogens is 628 g/mol. The molecule has 0 saturated carbocycles. The second-order valence-electron chi connectivity index (χ2n) is 10.4. The van der Waals surface area contributed by atoms with E-state index < -0.39 is 6.03 Å². The third-order valence-electron chi connectivity index (χ3n) is 6.49. The number of benzene rings is 2. The van der Waals surface area contributed by atoms with Gasteiger partial charge in [-0.2, -0.15) is 20.2 Å². The van der Waals surface area contributed by atoms with Crippen molar-refractivity contribution in [1.29, 1.82) is 0 Å². The molecule has 7 aromatic rings. The van der Waals surface area contributed by atoms with E-state index in [0.29, 0.717) is 57.9 Å². The number of aromatic nitrogens is 9. The third-order valence-corrected chi connectivity index (χ3v) is 6.49. The van der Waals surface area contributed by atoms with Crippen molar-refractivity contribution in [3.8, 4) is 46.0 Å². The standard InChI is InChI=1S/C19H17N7O3.C14H13N5O/c1-12-9-16(25-29-12)23-19(27)22-14-3-5-15(6-4-14)28-17-7-8-20-18(24-17)13-10-21-26(2)11-13;1-19-9-10(8-17-19)14-16-7-6-13(18-14)20-12-4-2-11(15)3-5-12/h3-11H,1-2H3,(H2,22,23,25,27);2-9H,15H2,1H3. The number of carbonyl (C=O) groups is 1. The van der Waals surface area contributed by atoms with Crippen LogP contribution >= 0.6 is 0 Å². The van der Waals surface area contributed by atoms with Crippen molar-refractivity contribution in [2.75, 3.05) is 16.4 Å². The first-order valence-corrected chi connectivity index (χ1v) is 14.7. The molecule has 0 aliphatic carbocycles. The Morgan fingerprint density at radius 1 is 0.755 bits per heavy atom. The highest BCUT2D eigenvalue weighted by molar-refractivity contribution is 5.99. The molecule has 246 valence electrons. The molecular formula is C33H30N12O4. The average molecular weight is 659 g/mol. The number of ether oxygens (including phenoxy) is 2. The number of nitrogen functional groups attached to an aromatic ring is 1. The number of nitrogens with one attached hydrogen (secondary N) is 2. The summed E-state index contributed by atoms with van der Waals surface area (Å²) in [5.41, 5.74) is 8.55. The molecule has 0 unspecified atom stereocenters. The highest BCUT2D eigenvalue weighted by Gasteiger charge is 2.09. The number of rotatable bonds is 8. The van der Waals surface area contributed by atoms with Gasteiger partial charge in [0.15, 0.2) is 17.5 Å². The maximum atomic E-state index is 12.0. The van der Waals surface area contributed by atoms with Crippen LogP contribution in [0.25, 0.3) is 22.8 Å². The number of hydrogen-bond donors (Lipinski definition) is 3. The number of anilines is 3. The number of urea groups is 1. The summed E-state index contributed by atoms with van der Waals surface area (Å²) in [6.45, 7) is 1.74. The number of carbonyl (C=O) groups excluding carboxylic acids is 1. The molecule has 0 aliphatic heterocycles. The first-order valence-electron chi connectivity index (χ1n) is 14.7. The Morgan fingerprint density at radius 3 is 1.76 bits per heavy atom. The van der Waals surface area contributed by atoms with Crippen molar-refractivity contribution >= 4 is 23.2 Å². The Labute approximate surface area is 279 Å². The van der Waals surface area contributed by atoms with Crippen LogP contribution in [0.1, 0.15) is 5.76 Å². The fraction of sp³-hybridized carbons (Fsp3) is 0.0909. The van der Waals surface area contributed by atoms with E-state index in [9.17, 15) is 4.79 Å². The van der Waals surface area contributed by atoms with E-state index >= 15 is 0 Å². The van der Waals surface area contributed by atoms with Crippen molar-refractivity contribution in [2.24, 2.45) is 14.1 Å². The molecule has 0 fully saturated rings. The van der Waals surface area contributed by atoms with E-state index in [1.165, 1.54) is 0 Å². The van der Waals surface area contributed by atoms with Crippen LogP contribution in [-0.2, 0) is 14.1 Å². The van der Waals surface area contributed by atoms with Gasteiger partial charge in [-0.15, -0.1) is 0 Å². The molecule has 49 heavy (non-hydrogen) atoms. The lowest BCUT2D eigenvalue weighted by molar-refractivity contribution is 0.262. The number of nitrogens with two attached hydrogens (primary N) is 1. The molecule has 0 saturated heterocycles. The van der Waals surface area contributed by atoms with Gasteiger partial charge in [-0.25, -0.2) is 14.8 Å². The molecule has 5 heterocycles. The summed E-state index contributed by atoms with van der Waals surface area (Å²) in [7, 11) is 3.67. The second-order valence-corrected chi connectivity index (χ2v) is 10.4. The van der Waals surface area contributed by atoms with Gasteiger partial charge in [0.2, 0.25) is 11.8 Å². The first kappa shape index (κ1) is 31.9. The summed E-state index contributed by atoms with van der Waals surface area (Å²) >= 11 is 0. The number of aryl methyl sites for hydroxylation is 3. The highest BCUT2D eigenvalue weighted by atomic mass is 16.5. The maximum absolute atomic E-state index is 12.0. The van der Waals surface area contributed by atoms with Crippen molar-refractivity contribution in [3.05, 3.63) is 110 Å². The van der Waals surface area contributed by atoms with E-state index in [-0.39, 0.29) is 0 Å². The van der Waals surface area contributed by atoms with Gasteiger partial charge in [-0.1, -0.05) is 5.16 Å². The summed E-state index contributed by atoms with van der Waals surface area (Å²) in [5, 5.41) is 17.2. The summed E-state index contributed by atoms with van der Waals surface area (Å²) in [6.07, 6.45) is 10.3. The Balaban J connectivity index is 0.000000182. The molecule has 5 aromatic heterocycles. The Hall–Kier alpha value is -7.10. The zero-order valence-electron chi connectivity index (χ0n) is 26.6. The second kappa shape index (κ2) is 14.5. The van der Waals surface area contributed by atoms with Gasteiger partial charge in [0.05, 0.1) is 23.5 Å². The van der Waals surface area contributed by atoms with Gasteiger partial charge in [0.1, 0.15) is 17.3 Å². The van der Waals surface area contributed by atoms with Crippen molar-refractivity contribution in [3.63, 3.8) is 0 Å². The predicted octanol–water partition coefficient (Wildman–Crippen LogP) is 5.86. The number of amides is 2. The highest BCUT2D eigenvalue weighted by Crippen LogP contribution is 2.24. The van der Waals surface area contributed by atoms with E-state index in [1.807, 2.05) is 26.5 Å². The van der Waals surface area contributed by atoms with Gasteiger partial charge in [0, 0.05) is 68.5 Å². The van der Waals surface area contributed by atoms with Crippen LogP contribution in [0.2, 0.25) is 0 Å². The lowest BCUT2D eigenvalue weighted by Gasteiger charge is -2.08. The van der Waals surface area contributed by atoms with Gasteiger partial charge >= 0.3 is 6.03 Å². The number of hydrogen-bond acceptors (Lipinski definition) is 12. The minimum absolute atomic E-state index is 0.341. The fourth-order valence-corrected chi connectivity index (χ4v) is 4.24. The summed E-state index contributed by atoms with van der Waals surface area (Å²) in [6, 6.07) is 18.6. The van der Waals surface area contributed by atoms with Crippen molar-refractivity contribution in [2.45, 2.75) is 6.92 Å². The average Bonchev–Trinajstić information content (AvgIpc) is 3.85. The van der Waals surface area contributed by atoms with E-state index in [2.05, 4.69) is 45.9 Å². The molecule has 2 aromatic carbocycles. The lowest BCUT2D eigenvalue weighted by Crippen LogP contribution is -2.19. The van der Waals surface area contributed by atoms with E-state index in [1.54, 1.807) is 108 Å². The van der Waals surface area contributed by atoms with Crippen LogP contribution in [0.15, 0.2) is 108 Å². The van der Waals surface area contributed by atoms with Crippen LogP contribution < -0.4 is 25.8 Å². The molecule has 0 spiro atoms. The molecule has 0 aliphatic rings. The normalized spacial score (nSPS) is 10.5. The molecule has 2 amide bonds. The van der Waals surface area contributed by atoms with Gasteiger partial charge < -0.3 is 25.0 Å². The van der Waals surface area contributed by atoms with Crippen LogP contribution in [0.4, 0.5) is 22.0 Å². The van der Waals surface area contributed by atoms with Gasteiger partial charge in [0.25, 0.3) is 0 Å². The van der Waals surface area contributed by atoms with Crippen LogP contribution in [0.5, 0.6) is 23.3 Å². The molecule has 0 bridgehead atoms. The quantitative estimate of drug-likeness (QED) is 0.165. The van der Waals surface area contributed by atoms with Gasteiger partial charge in [-0.3, -0.25) is 14.7 Å². The zero-order chi connectivity index (χ0) is 34.2. The van der Waals surface area contributed by atoms with Crippen molar-refractivity contribution < 1.29 is 18.8 Å². The third kappa shape index (κ3) is 8.79. The monoisotopic (exact) mass is 658 g/mol. The first-order chi connectivity index (χ1) is 23.8. The van der Waals surface area contributed by atoms with Crippen LogP contribution in [0.3, 0.4) is 0 Å². The molecule has 7 rings (SSSR count). The Bertz CT molecular complexity index is 2160. The summed E-state index contributed by atoms with van der Waals surface area (Å²) in [4.78, 5) is 29.2. The molecule has 0 radical (unpaired) electrons. The zero-order valence-corrected chi connectivity index (χ0v) is 26.6. The van der Waals surface area contributed by atoms with Crippen molar-refractivity contribution in [1.82, 2.24) is 44.7 Å². The number of nitrogens with zero attached hydrogens (tertiary/aromatic N) is 9. The molecule has 16 nitrogen and oxygen atoms in total. The summed E-state index contributed by atoms with van der Waals surface area (Å²) < 4.78 is 19.7. The van der Waals surface area contributed by atoms with Crippen LogP contribution in [-0.4, -0.2) is 50.7 Å². The molecule has 0 atom stereocenters. The minimum atomic E-state index is -0.427. The van der Waals surface area contributed by atoms with Gasteiger partial charge in [-0.05, 0) is 55.5 Å². The molecule has 16 heteroatoms. The van der Waals surface area contributed by atoms with E-state index in [4.69, 9.17) is 19.7 Å². The largest absolute Gasteiger partial charge is 0.439 e. The Morgan fingerprint density at radius 2 is 1.29 bits per heavy atom. The van der Waals surface area contributed by atoms with Crippen LogP contribution in [0, 0.1) is 6.92 Å². The smallest absolute Gasteiger partial charge is 0.324 e. The maximum Gasteiger partial charge on any atom is 0.324 e. The molecule has 4 N–H and O–H groups in total. The summed E-state index contributed by atoms with van der Waals surface area (Å²) in [5.74, 6) is 4.17. The Kier molecular flexibility index (Phi) is 9.46. The lowest BCUT2D eigenvalue weighted by atomic mass is 10.3. The SMILES string of the molecule is Cc1cc(NC(=O)Nc2ccc(Oc3ccnc(-c4cnn(C)c4)n3)cc2)no1.Cn1cc(-c2nccc(Oc3ccc(N)cc3)n2)cn1. The fourth-order valence-electron chi connectivity index (χ4n) is 4.24. The van der Waals surface area contributed by atoms with E-state index in [0.717, 1.165) is 11.1 Å². The topological polar surface area (TPSA) is 199 Å².